The lowest BCUT2D eigenvalue weighted by molar-refractivity contribution is 0.0981. The van der Waals surface area contributed by atoms with Gasteiger partial charge in [0.05, 0.1) is 17.7 Å². The second-order valence-electron chi connectivity index (χ2n) is 5.10. The molecule has 5 heteroatoms. The van der Waals surface area contributed by atoms with Crippen LogP contribution in [-0.4, -0.2) is 23.9 Å². The third-order valence-electron chi connectivity index (χ3n) is 3.60. The van der Waals surface area contributed by atoms with Gasteiger partial charge in [-0.1, -0.05) is 54.2 Å². The molecule has 23 heavy (non-hydrogen) atoms. The van der Waals surface area contributed by atoms with Crippen LogP contribution < -0.4 is 4.90 Å². The molecular formula is C18H17NO3S. The fourth-order valence-electron chi connectivity index (χ4n) is 2.55. The van der Waals surface area contributed by atoms with E-state index in [1.165, 1.54) is 11.8 Å². The molecule has 0 bridgehead atoms. The van der Waals surface area contributed by atoms with E-state index < -0.39 is 6.09 Å². The van der Waals surface area contributed by atoms with E-state index in [1.807, 2.05) is 42.5 Å². The van der Waals surface area contributed by atoms with Crippen LogP contribution >= 0.6 is 11.8 Å². The molecule has 0 radical (unpaired) electrons. The van der Waals surface area contributed by atoms with Gasteiger partial charge in [-0.15, -0.1) is 0 Å². The number of amides is 1. The molecule has 0 spiro atoms. The molecule has 0 N–H and O–H groups in total. The second-order valence-corrected chi connectivity index (χ2v) is 6.32. The van der Waals surface area contributed by atoms with Gasteiger partial charge >= 0.3 is 6.09 Å². The summed E-state index contributed by atoms with van der Waals surface area (Å²) in [6.07, 6.45) is -0.154. The Balaban J connectivity index is 1.84. The van der Waals surface area contributed by atoms with E-state index in [1.54, 1.807) is 24.0 Å². The first-order valence-electron chi connectivity index (χ1n) is 7.50. The molecule has 0 saturated carbocycles. The van der Waals surface area contributed by atoms with Crippen molar-refractivity contribution >= 4 is 29.3 Å². The van der Waals surface area contributed by atoms with Crippen LogP contribution in [0.25, 0.3) is 0 Å². The molecule has 0 aromatic heterocycles. The quantitative estimate of drug-likeness (QED) is 0.783. The zero-order valence-electron chi connectivity index (χ0n) is 12.8. The molecule has 1 aliphatic rings. The van der Waals surface area contributed by atoms with Gasteiger partial charge in [0, 0.05) is 16.9 Å². The van der Waals surface area contributed by atoms with E-state index >= 15 is 0 Å². The number of para-hydroxylation sites is 1. The van der Waals surface area contributed by atoms with Gasteiger partial charge in [-0.2, -0.15) is 0 Å². The lowest BCUT2D eigenvalue weighted by Crippen LogP contribution is -2.37. The third kappa shape index (κ3) is 3.24. The van der Waals surface area contributed by atoms with Crippen LogP contribution in [0.1, 0.15) is 23.7 Å². The summed E-state index contributed by atoms with van der Waals surface area (Å²) in [5.41, 5.74) is 1.47. The van der Waals surface area contributed by atoms with Gasteiger partial charge in [-0.3, -0.25) is 9.69 Å². The maximum absolute atomic E-state index is 12.5. The number of rotatable bonds is 4. The monoisotopic (exact) mass is 327 g/mol. The van der Waals surface area contributed by atoms with Crippen molar-refractivity contribution < 1.29 is 14.3 Å². The van der Waals surface area contributed by atoms with Gasteiger partial charge in [0.1, 0.15) is 0 Å². The van der Waals surface area contributed by atoms with Crippen LogP contribution in [0.15, 0.2) is 59.5 Å². The average Bonchev–Trinajstić information content (AvgIpc) is 2.93. The molecule has 0 aliphatic carbocycles. The number of ether oxygens (including phenoxy) is 1. The standard InChI is InChI=1S/C18H17NO3S/c1-2-22-18(21)19-14-10-6-7-11-16(14)23-17(19)12-15(20)13-8-4-3-5-9-13/h3-11,17H,2,12H2,1H3. The molecule has 1 heterocycles. The minimum absolute atomic E-state index is 0.0187. The van der Waals surface area contributed by atoms with Crippen LogP contribution in [0.5, 0.6) is 0 Å². The first kappa shape index (κ1) is 15.6. The highest BCUT2D eigenvalue weighted by Crippen LogP contribution is 2.45. The Morgan fingerprint density at radius 3 is 2.52 bits per heavy atom. The van der Waals surface area contributed by atoms with E-state index in [9.17, 15) is 9.59 Å². The number of ketones is 1. The smallest absolute Gasteiger partial charge is 0.415 e. The number of carbonyl (C=O) groups is 2. The van der Waals surface area contributed by atoms with Crippen LogP contribution in [0, 0.1) is 0 Å². The molecule has 1 aliphatic heterocycles. The number of anilines is 1. The maximum atomic E-state index is 12.5. The molecule has 3 rings (SSSR count). The topological polar surface area (TPSA) is 46.6 Å². The Hall–Kier alpha value is -2.27. The molecule has 0 fully saturated rings. The molecular weight excluding hydrogens is 310 g/mol. The van der Waals surface area contributed by atoms with Crippen molar-refractivity contribution in [1.29, 1.82) is 0 Å². The number of benzene rings is 2. The van der Waals surface area contributed by atoms with Crippen molar-refractivity contribution in [1.82, 2.24) is 0 Å². The van der Waals surface area contributed by atoms with Gasteiger partial charge in [0.15, 0.2) is 5.78 Å². The summed E-state index contributed by atoms with van der Waals surface area (Å²) in [4.78, 5) is 27.4. The minimum Gasteiger partial charge on any atom is -0.449 e. The van der Waals surface area contributed by atoms with E-state index in [-0.39, 0.29) is 17.6 Å². The average molecular weight is 327 g/mol. The van der Waals surface area contributed by atoms with Crippen molar-refractivity contribution in [3.05, 3.63) is 60.2 Å². The summed E-state index contributed by atoms with van der Waals surface area (Å²) < 4.78 is 5.16. The Morgan fingerprint density at radius 1 is 1.09 bits per heavy atom. The molecule has 118 valence electrons. The Kier molecular flexibility index (Phi) is 4.67. The number of nitrogens with zero attached hydrogens (tertiary/aromatic N) is 1. The molecule has 1 unspecified atom stereocenters. The van der Waals surface area contributed by atoms with Crippen molar-refractivity contribution in [2.24, 2.45) is 0 Å². The Bertz CT molecular complexity index is 717. The van der Waals surface area contributed by atoms with Crippen molar-refractivity contribution in [3.8, 4) is 0 Å². The van der Waals surface area contributed by atoms with Gasteiger partial charge in [0.25, 0.3) is 0 Å². The van der Waals surface area contributed by atoms with Crippen LogP contribution in [-0.2, 0) is 4.74 Å². The summed E-state index contributed by atoms with van der Waals surface area (Å²) in [6, 6.07) is 16.8. The fraction of sp³-hybridized carbons (Fsp3) is 0.222. The van der Waals surface area contributed by atoms with Gasteiger partial charge in [-0.25, -0.2) is 4.79 Å². The van der Waals surface area contributed by atoms with Crippen molar-refractivity contribution in [3.63, 3.8) is 0 Å². The Labute approximate surface area is 139 Å². The van der Waals surface area contributed by atoms with Crippen molar-refractivity contribution in [2.45, 2.75) is 23.6 Å². The van der Waals surface area contributed by atoms with Crippen LogP contribution in [0.2, 0.25) is 0 Å². The zero-order chi connectivity index (χ0) is 16.2. The molecule has 4 nitrogen and oxygen atoms in total. The predicted molar refractivity (Wildman–Crippen MR) is 91.0 cm³/mol. The predicted octanol–water partition coefficient (Wildman–Crippen LogP) is 4.35. The highest BCUT2D eigenvalue weighted by atomic mass is 32.2. The number of fused-ring (bicyclic) bond motifs is 1. The summed E-state index contributed by atoms with van der Waals surface area (Å²) in [6.45, 7) is 2.08. The molecule has 2 aromatic carbocycles. The molecule has 1 amide bonds. The van der Waals surface area contributed by atoms with Gasteiger partial charge in [-0.05, 0) is 19.1 Å². The number of carbonyl (C=O) groups excluding carboxylic acids is 2. The van der Waals surface area contributed by atoms with E-state index in [0.717, 1.165) is 10.6 Å². The summed E-state index contributed by atoms with van der Waals surface area (Å²) in [5, 5.41) is -0.279. The molecule has 2 aromatic rings. The van der Waals surface area contributed by atoms with Crippen molar-refractivity contribution in [2.75, 3.05) is 11.5 Å². The molecule has 0 saturated heterocycles. The van der Waals surface area contributed by atoms with E-state index in [2.05, 4.69) is 0 Å². The summed E-state index contributed by atoms with van der Waals surface area (Å²) in [7, 11) is 0. The SMILES string of the molecule is CCOC(=O)N1c2ccccc2SC1CC(=O)c1ccccc1. The largest absolute Gasteiger partial charge is 0.449 e. The highest BCUT2D eigenvalue weighted by Gasteiger charge is 2.36. The lowest BCUT2D eigenvalue weighted by atomic mass is 10.1. The second kappa shape index (κ2) is 6.87. The van der Waals surface area contributed by atoms with Crippen LogP contribution in [0.3, 0.4) is 0 Å². The van der Waals surface area contributed by atoms with Crippen LogP contribution in [0.4, 0.5) is 10.5 Å². The Morgan fingerprint density at radius 2 is 1.78 bits per heavy atom. The first-order chi connectivity index (χ1) is 11.2. The summed E-state index contributed by atoms with van der Waals surface area (Å²) in [5.74, 6) is 0.0187. The maximum Gasteiger partial charge on any atom is 0.415 e. The summed E-state index contributed by atoms with van der Waals surface area (Å²) >= 11 is 1.53. The highest BCUT2D eigenvalue weighted by molar-refractivity contribution is 8.00. The van der Waals surface area contributed by atoms with E-state index in [4.69, 9.17) is 4.74 Å². The number of thioether (sulfide) groups is 1. The zero-order valence-corrected chi connectivity index (χ0v) is 13.6. The normalized spacial score (nSPS) is 16.0. The third-order valence-corrected chi connectivity index (χ3v) is 4.84. The number of hydrogen-bond donors (Lipinski definition) is 0. The number of Topliss-reactive ketones (excluding diaryl/α,β-unsaturated/α-hetero) is 1. The fourth-order valence-corrected chi connectivity index (χ4v) is 3.83. The van der Waals surface area contributed by atoms with Gasteiger partial charge in [0.2, 0.25) is 0 Å². The minimum atomic E-state index is -0.407. The van der Waals surface area contributed by atoms with Gasteiger partial charge < -0.3 is 4.74 Å². The first-order valence-corrected chi connectivity index (χ1v) is 8.38. The lowest BCUT2D eigenvalue weighted by Gasteiger charge is -2.23. The number of hydrogen-bond acceptors (Lipinski definition) is 4. The molecule has 1 atom stereocenters. The van der Waals surface area contributed by atoms with E-state index in [0.29, 0.717) is 12.2 Å².